The van der Waals surface area contributed by atoms with Crippen LogP contribution < -0.4 is 4.72 Å². The van der Waals surface area contributed by atoms with Crippen LogP contribution in [-0.2, 0) is 14.8 Å². The van der Waals surface area contributed by atoms with E-state index in [-0.39, 0.29) is 29.3 Å². The van der Waals surface area contributed by atoms with Gasteiger partial charge in [-0.05, 0) is 48.9 Å². The van der Waals surface area contributed by atoms with Gasteiger partial charge in [0.2, 0.25) is 15.9 Å². The molecule has 31 heavy (non-hydrogen) atoms. The highest BCUT2D eigenvalue weighted by Crippen LogP contribution is 2.30. The van der Waals surface area contributed by atoms with Crippen molar-refractivity contribution in [2.24, 2.45) is 5.92 Å². The number of halogens is 1. The molecule has 1 atom stereocenters. The smallest absolute Gasteiger partial charge is 0.241 e. The van der Waals surface area contributed by atoms with E-state index in [0.717, 1.165) is 12.8 Å². The van der Waals surface area contributed by atoms with Gasteiger partial charge in [0.05, 0.1) is 16.4 Å². The van der Waals surface area contributed by atoms with E-state index in [1.54, 1.807) is 24.3 Å². The number of piperidine rings is 1. The molecule has 1 amide bonds. The monoisotopic (exact) mass is 459 g/mol. The topological polar surface area (TPSA) is 90.3 Å². The summed E-state index contributed by atoms with van der Waals surface area (Å²) in [7, 11) is -3.88. The molecule has 2 aromatic rings. The van der Waals surface area contributed by atoms with Crippen LogP contribution in [0.15, 0.2) is 53.4 Å². The van der Waals surface area contributed by atoms with Gasteiger partial charge in [0.1, 0.15) is 6.07 Å². The Hall–Kier alpha value is -2.40. The summed E-state index contributed by atoms with van der Waals surface area (Å²) in [6.45, 7) is 3.62. The van der Waals surface area contributed by atoms with Crippen molar-refractivity contribution in [2.45, 2.75) is 37.0 Å². The first-order chi connectivity index (χ1) is 14.8. The standard InChI is InChI=1S/C23H26ClN3O3S/c1-17-11-14-27(15-12-17)23(28)20(19-7-3-4-8-21(19)24)10-13-26-31(29,30)22-9-5-2-6-18(22)16-25/h2-9,17,20,26H,10-15H2,1H3. The summed E-state index contributed by atoms with van der Waals surface area (Å²) in [4.78, 5) is 15.1. The van der Waals surface area contributed by atoms with E-state index in [1.165, 1.54) is 12.1 Å². The van der Waals surface area contributed by atoms with Gasteiger partial charge in [-0.25, -0.2) is 13.1 Å². The molecule has 1 heterocycles. The lowest BCUT2D eigenvalue weighted by molar-refractivity contribution is -0.134. The van der Waals surface area contributed by atoms with Crippen LogP contribution in [0.3, 0.4) is 0 Å². The number of hydrogen-bond acceptors (Lipinski definition) is 4. The van der Waals surface area contributed by atoms with Crippen molar-refractivity contribution in [3.8, 4) is 6.07 Å². The molecule has 1 fully saturated rings. The Balaban J connectivity index is 1.77. The van der Waals surface area contributed by atoms with Crippen LogP contribution in [0.25, 0.3) is 0 Å². The van der Waals surface area contributed by atoms with Crippen LogP contribution in [-0.4, -0.2) is 38.9 Å². The van der Waals surface area contributed by atoms with Crippen LogP contribution in [0, 0.1) is 17.2 Å². The van der Waals surface area contributed by atoms with E-state index in [1.807, 2.05) is 23.1 Å². The van der Waals surface area contributed by atoms with E-state index in [4.69, 9.17) is 11.6 Å². The first-order valence-electron chi connectivity index (χ1n) is 10.4. The summed E-state index contributed by atoms with van der Waals surface area (Å²) in [5.74, 6) is 0.0162. The Morgan fingerprint density at radius 1 is 1.19 bits per heavy atom. The molecule has 6 nitrogen and oxygen atoms in total. The molecule has 0 saturated carbocycles. The predicted molar refractivity (Wildman–Crippen MR) is 120 cm³/mol. The number of carbonyl (C=O) groups is 1. The molecule has 0 spiro atoms. The number of sulfonamides is 1. The summed E-state index contributed by atoms with van der Waals surface area (Å²) in [6.07, 6.45) is 2.18. The number of amides is 1. The molecule has 1 aliphatic rings. The summed E-state index contributed by atoms with van der Waals surface area (Å²) in [6, 6.07) is 15.1. The Kier molecular flexibility index (Phi) is 7.71. The molecule has 0 aliphatic carbocycles. The largest absolute Gasteiger partial charge is 0.342 e. The highest BCUT2D eigenvalue weighted by atomic mass is 35.5. The maximum Gasteiger partial charge on any atom is 0.241 e. The normalized spacial score (nSPS) is 16.0. The summed E-state index contributed by atoms with van der Waals surface area (Å²) >= 11 is 6.38. The Morgan fingerprint density at radius 2 is 1.84 bits per heavy atom. The molecule has 1 unspecified atom stereocenters. The van der Waals surface area contributed by atoms with Crippen LogP contribution in [0.2, 0.25) is 5.02 Å². The highest BCUT2D eigenvalue weighted by Gasteiger charge is 2.30. The lowest BCUT2D eigenvalue weighted by atomic mass is 9.92. The van der Waals surface area contributed by atoms with Gasteiger partial charge in [0.25, 0.3) is 0 Å². The van der Waals surface area contributed by atoms with Crippen molar-refractivity contribution >= 4 is 27.5 Å². The molecule has 2 aromatic carbocycles. The van der Waals surface area contributed by atoms with Crippen molar-refractivity contribution < 1.29 is 13.2 Å². The van der Waals surface area contributed by atoms with E-state index in [2.05, 4.69) is 11.6 Å². The van der Waals surface area contributed by atoms with Crippen molar-refractivity contribution in [1.29, 1.82) is 5.26 Å². The number of rotatable bonds is 7. The minimum Gasteiger partial charge on any atom is -0.342 e. The fourth-order valence-corrected chi connectivity index (χ4v) is 5.30. The molecular formula is C23H26ClN3O3S. The first kappa shape index (κ1) is 23.3. The lowest BCUT2D eigenvalue weighted by Gasteiger charge is -2.33. The van der Waals surface area contributed by atoms with E-state index < -0.39 is 15.9 Å². The van der Waals surface area contributed by atoms with Crippen LogP contribution in [0.1, 0.15) is 43.2 Å². The Bertz CT molecular complexity index is 1070. The van der Waals surface area contributed by atoms with Crippen molar-refractivity contribution in [3.05, 3.63) is 64.7 Å². The Morgan fingerprint density at radius 3 is 2.52 bits per heavy atom. The molecule has 0 radical (unpaired) electrons. The molecular weight excluding hydrogens is 434 g/mol. The molecule has 164 valence electrons. The van der Waals surface area contributed by atoms with Crippen LogP contribution >= 0.6 is 11.6 Å². The minimum atomic E-state index is -3.88. The zero-order valence-corrected chi connectivity index (χ0v) is 19.0. The molecule has 0 bridgehead atoms. The van der Waals surface area contributed by atoms with Crippen molar-refractivity contribution in [2.75, 3.05) is 19.6 Å². The van der Waals surface area contributed by atoms with Gasteiger partial charge in [-0.15, -0.1) is 0 Å². The second kappa shape index (κ2) is 10.3. The molecule has 1 saturated heterocycles. The molecule has 8 heteroatoms. The van der Waals surface area contributed by atoms with Gasteiger partial charge in [-0.1, -0.05) is 48.9 Å². The molecule has 0 aromatic heterocycles. The zero-order chi connectivity index (χ0) is 22.4. The number of nitrogens with one attached hydrogen (secondary N) is 1. The average molecular weight is 460 g/mol. The van der Waals surface area contributed by atoms with Gasteiger partial charge in [0.15, 0.2) is 0 Å². The van der Waals surface area contributed by atoms with Crippen LogP contribution in [0.5, 0.6) is 0 Å². The number of benzene rings is 2. The van der Waals surface area contributed by atoms with Crippen LogP contribution in [0.4, 0.5) is 0 Å². The number of carbonyl (C=O) groups excluding carboxylic acids is 1. The fourth-order valence-electron chi connectivity index (χ4n) is 3.83. The number of nitrogens with zero attached hydrogens (tertiary/aromatic N) is 2. The van der Waals surface area contributed by atoms with Gasteiger partial charge in [0, 0.05) is 24.7 Å². The maximum absolute atomic E-state index is 13.3. The quantitative estimate of drug-likeness (QED) is 0.679. The third kappa shape index (κ3) is 5.65. The summed E-state index contributed by atoms with van der Waals surface area (Å²) in [5, 5.41) is 9.69. The third-order valence-corrected chi connectivity index (χ3v) is 7.56. The number of nitriles is 1. The minimum absolute atomic E-state index is 0.0309. The second-order valence-corrected chi connectivity index (χ2v) is 10.0. The zero-order valence-electron chi connectivity index (χ0n) is 17.4. The second-order valence-electron chi connectivity index (χ2n) is 7.88. The first-order valence-corrected chi connectivity index (χ1v) is 12.2. The van der Waals surface area contributed by atoms with Crippen molar-refractivity contribution in [3.63, 3.8) is 0 Å². The van der Waals surface area contributed by atoms with Gasteiger partial charge in [-0.3, -0.25) is 4.79 Å². The maximum atomic E-state index is 13.3. The van der Waals surface area contributed by atoms with Gasteiger partial charge in [-0.2, -0.15) is 5.26 Å². The van der Waals surface area contributed by atoms with E-state index in [9.17, 15) is 18.5 Å². The average Bonchev–Trinajstić information content (AvgIpc) is 2.77. The molecule has 1 aliphatic heterocycles. The number of hydrogen-bond donors (Lipinski definition) is 1. The fraction of sp³-hybridized carbons (Fsp3) is 0.391. The molecule has 1 N–H and O–H groups in total. The van der Waals surface area contributed by atoms with Gasteiger partial charge >= 0.3 is 0 Å². The van der Waals surface area contributed by atoms with Gasteiger partial charge < -0.3 is 4.90 Å². The lowest BCUT2D eigenvalue weighted by Crippen LogP contribution is -2.41. The predicted octanol–water partition coefficient (Wildman–Crippen LogP) is 3.92. The number of likely N-dealkylation sites (tertiary alicyclic amines) is 1. The third-order valence-electron chi connectivity index (χ3n) is 5.70. The molecule has 3 rings (SSSR count). The highest BCUT2D eigenvalue weighted by molar-refractivity contribution is 7.89. The van der Waals surface area contributed by atoms with E-state index in [0.29, 0.717) is 29.6 Å². The Labute approximate surface area is 188 Å². The summed E-state index contributed by atoms with van der Waals surface area (Å²) in [5.41, 5.74) is 0.778. The van der Waals surface area contributed by atoms with E-state index >= 15 is 0 Å². The van der Waals surface area contributed by atoms with Crippen molar-refractivity contribution in [1.82, 2.24) is 9.62 Å². The summed E-state index contributed by atoms with van der Waals surface area (Å²) < 4.78 is 28.0. The SMILES string of the molecule is CC1CCN(C(=O)C(CCNS(=O)(=O)c2ccccc2C#N)c2ccccc2Cl)CC1.